The van der Waals surface area contributed by atoms with Gasteiger partial charge >= 0.3 is 0 Å². The van der Waals surface area contributed by atoms with Gasteiger partial charge in [-0.1, -0.05) is 6.92 Å². The molecule has 1 N–H and O–H groups in total. The van der Waals surface area contributed by atoms with Crippen molar-refractivity contribution < 1.29 is 0 Å². The number of hydrogen-bond acceptors (Lipinski definition) is 4. The molecule has 0 saturated carbocycles. The Labute approximate surface area is 110 Å². The molecule has 5 heteroatoms. The normalized spacial score (nSPS) is 31.5. The van der Waals surface area contributed by atoms with Crippen LogP contribution in [0.15, 0.2) is 6.33 Å². The number of aryl methyl sites for hydroxylation is 1. The highest BCUT2D eigenvalue weighted by Crippen LogP contribution is 2.23. The Hall–Kier alpha value is -0.940. The number of hydrogen-bond donors (Lipinski definition) is 1. The predicted octanol–water partition coefficient (Wildman–Crippen LogP) is 1.19. The first-order valence-corrected chi connectivity index (χ1v) is 6.79. The summed E-state index contributed by atoms with van der Waals surface area (Å²) in [5.74, 6) is 1.68. The van der Waals surface area contributed by atoms with E-state index in [1.54, 1.807) is 6.33 Å². The van der Waals surface area contributed by atoms with E-state index in [0.29, 0.717) is 18.0 Å². The molecular weight excluding hydrogens is 226 g/mol. The molecule has 0 spiro atoms. The fraction of sp³-hybridized carbons (Fsp3) is 0.846. The van der Waals surface area contributed by atoms with Gasteiger partial charge in [-0.25, -0.2) is 0 Å². The van der Waals surface area contributed by atoms with Gasteiger partial charge in [0.15, 0.2) is 0 Å². The lowest BCUT2D eigenvalue weighted by atomic mass is 9.89. The highest BCUT2D eigenvalue weighted by atomic mass is 15.3. The largest absolute Gasteiger partial charge is 0.319 e. The van der Waals surface area contributed by atoms with E-state index in [0.717, 1.165) is 12.4 Å². The van der Waals surface area contributed by atoms with Gasteiger partial charge in [-0.3, -0.25) is 0 Å². The Balaban J connectivity index is 1.99. The maximum atomic E-state index is 4.18. The summed E-state index contributed by atoms with van der Waals surface area (Å²) >= 11 is 0. The second-order valence-electron chi connectivity index (χ2n) is 5.80. The van der Waals surface area contributed by atoms with Gasteiger partial charge in [-0.15, -0.1) is 10.2 Å². The van der Waals surface area contributed by atoms with Crippen molar-refractivity contribution in [3.8, 4) is 0 Å². The van der Waals surface area contributed by atoms with Crippen molar-refractivity contribution >= 4 is 0 Å². The van der Waals surface area contributed by atoms with Crippen molar-refractivity contribution in [1.82, 2.24) is 25.0 Å². The van der Waals surface area contributed by atoms with E-state index in [1.807, 2.05) is 11.6 Å². The zero-order valence-corrected chi connectivity index (χ0v) is 12.1. The standard InChI is InChI=1S/C13H25N5/c1-9-7-17(4)10(2)6-12(9)15-11(3)13-16-14-8-18(13)5/h8-12,15H,6-7H2,1-5H3. The van der Waals surface area contributed by atoms with Gasteiger partial charge in [0.2, 0.25) is 0 Å². The van der Waals surface area contributed by atoms with Crippen molar-refractivity contribution in [2.24, 2.45) is 13.0 Å². The minimum absolute atomic E-state index is 0.251. The van der Waals surface area contributed by atoms with Gasteiger partial charge in [0.05, 0.1) is 6.04 Å². The number of piperidine rings is 1. The number of likely N-dealkylation sites (tertiary alicyclic amines) is 1. The first kappa shape index (κ1) is 13.5. The SMILES string of the molecule is CC(NC1CC(C)N(C)CC1C)c1nncn1C. The third-order valence-electron chi connectivity index (χ3n) is 4.21. The van der Waals surface area contributed by atoms with Gasteiger partial charge in [0.1, 0.15) is 12.2 Å². The molecule has 1 aromatic rings. The van der Waals surface area contributed by atoms with Crippen molar-refractivity contribution in [2.45, 2.75) is 45.3 Å². The Morgan fingerprint density at radius 3 is 2.72 bits per heavy atom. The fourth-order valence-electron chi connectivity index (χ4n) is 2.85. The van der Waals surface area contributed by atoms with Crippen LogP contribution in [0.2, 0.25) is 0 Å². The third-order valence-corrected chi connectivity index (χ3v) is 4.21. The number of rotatable bonds is 3. The van der Waals surface area contributed by atoms with E-state index in [9.17, 15) is 0 Å². The molecule has 5 nitrogen and oxygen atoms in total. The maximum Gasteiger partial charge on any atom is 0.149 e. The predicted molar refractivity (Wildman–Crippen MR) is 72.2 cm³/mol. The number of nitrogens with zero attached hydrogens (tertiary/aromatic N) is 4. The molecular formula is C13H25N5. The lowest BCUT2D eigenvalue weighted by Crippen LogP contribution is -2.51. The van der Waals surface area contributed by atoms with Gasteiger partial charge in [-0.05, 0) is 33.2 Å². The summed E-state index contributed by atoms with van der Waals surface area (Å²) in [6, 6.07) is 1.45. The molecule has 0 radical (unpaired) electrons. The number of nitrogens with one attached hydrogen (secondary N) is 1. The second kappa shape index (κ2) is 5.36. The van der Waals surface area contributed by atoms with Crippen molar-refractivity contribution in [2.75, 3.05) is 13.6 Å². The average molecular weight is 251 g/mol. The van der Waals surface area contributed by atoms with Crippen molar-refractivity contribution in [3.63, 3.8) is 0 Å². The highest BCUT2D eigenvalue weighted by molar-refractivity contribution is 4.96. The van der Waals surface area contributed by atoms with Crippen molar-refractivity contribution in [3.05, 3.63) is 12.2 Å². The Morgan fingerprint density at radius 2 is 2.11 bits per heavy atom. The van der Waals surface area contributed by atoms with Crippen LogP contribution in [-0.2, 0) is 7.05 Å². The molecule has 0 amide bonds. The second-order valence-corrected chi connectivity index (χ2v) is 5.80. The molecule has 0 bridgehead atoms. The van der Waals surface area contributed by atoms with E-state index >= 15 is 0 Å². The first-order chi connectivity index (χ1) is 8.49. The Bertz CT molecular complexity index is 388. The summed E-state index contributed by atoms with van der Waals surface area (Å²) < 4.78 is 1.99. The summed E-state index contributed by atoms with van der Waals surface area (Å²) in [5, 5.41) is 11.8. The molecule has 2 rings (SSSR count). The van der Waals surface area contributed by atoms with Crippen molar-refractivity contribution in [1.29, 1.82) is 0 Å². The third kappa shape index (κ3) is 2.72. The Kier molecular flexibility index (Phi) is 4.02. The van der Waals surface area contributed by atoms with E-state index in [2.05, 4.69) is 48.2 Å². The molecule has 0 aliphatic carbocycles. The quantitative estimate of drug-likeness (QED) is 0.876. The van der Waals surface area contributed by atoms with Crippen LogP contribution < -0.4 is 5.32 Å². The topological polar surface area (TPSA) is 46.0 Å². The lowest BCUT2D eigenvalue weighted by Gasteiger charge is -2.41. The molecule has 1 aliphatic heterocycles. The van der Waals surface area contributed by atoms with E-state index in [1.165, 1.54) is 6.42 Å². The highest BCUT2D eigenvalue weighted by Gasteiger charge is 2.30. The van der Waals surface area contributed by atoms with E-state index < -0.39 is 0 Å². The van der Waals surface area contributed by atoms with Crippen LogP contribution in [0, 0.1) is 5.92 Å². The fourth-order valence-corrected chi connectivity index (χ4v) is 2.85. The summed E-state index contributed by atoms with van der Waals surface area (Å²) in [5.41, 5.74) is 0. The molecule has 102 valence electrons. The van der Waals surface area contributed by atoms with Crippen LogP contribution >= 0.6 is 0 Å². The zero-order chi connectivity index (χ0) is 13.3. The van der Waals surface area contributed by atoms with Crippen LogP contribution in [0.5, 0.6) is 0 Å². The van der Waals surface area contributed by atoms with Crippen LogP contribution in [0.1, 0.15) is 39.1 Å². The summed E-state index contributed by atoms with van der Waals surface area (Å²) in [4.78, 5) is 2.44. The minimum Gasteiger partial charge on any atom is -0.319 e. The van der Waals surface area contributed by atoms with E-state index in [4.69, 9.17) is 0 Å². The van der Waals surface area contributed by atoms with Crippen LogP contribution in [0.3, 0.4) is 0 Å². The molecule has 1 aromatic heterocycles. The van der Waals surface area contributed by atoms with Gasteiger partial charge in [-0.2, -0.15) is 0 Å². The molecule has 4 unspecified atom stereocenters. The summed E-state index contributed by atoms with van der Waals surface area (Å²) in [6.45, 7) is 7.95. The summed E-state index contributed by atoms with van der Waals surface area (Å²) in [7, 11) is 4.21. The monoisotopic (exact) mass is 251 g/mol. The van der Waals surface area contributed by atoms with Crippen LogP contribution in [0.4, 0.5) is 0 Å². The van der Waals surface area contributed by atoms with Gasteiger partial charge in [0, 0.05) is 25.7 Å². The van der Waals surface area contributed by atoms with Crippen LogP contribution in [-0.4, -0.2) is 45.3 Å². The van der Waals surface area contributed by atoms with Crippen LogP contribution in [0.25, 0.3) is 0 Å². The van der Waals surface area contributed by atoms with E-state index in [-0.39, 0.29) is 6.04 Å². The average Bonchev–Trinajstić information content (AvgIpc) is 2.72. The zero-order valence-electron chi connectivity index (χ0n) is 12.1. The molecule has 1 saturated heterocycles. The molecule has 4 atom stereocenters. The Morgan fingerprint density at radius 1 is 1.39 bits per heavy atom. The molecule has 18 heavy (non-hydrogen) atoms. The molecule has 1 fully saturated rings. The first-order valence-electron chi connectivity index (χ1n) is 6.79. The van der Waals surface area contributed by atoms with Gasteiger partial charge in [0.25, 0.3) is 0 Å². The maximum absolute atomic E-state index is 4.18. The molecule has 1 aliphatic rings. The van der Waals surface area contributed by atoms with Gasteiger partial charge < -0.3 is 14.8 Å². The lowest BCUT2D eigenvalue weighted by molar-refractivity contribution is 0.116. The minimum atomic E-state index is 0.251. The molecule has 2 heterocycles. The number of aromatic nitrogens is 3. The smallest absolute Gasteiger partial charge is 0.149 e. The summed E-state index contributed by atoms with van der Waals surface area (Å²) in [6.07, 6.45) is 2.95. The molecule has 0 aromatic carbocycles.